The van der Waals surface area contributed by atoms with Gasteiger partial charge in [-0.2, -0.15) is 10.2 Å². The summed E-state index contributed by atoms with van der Waals surface area (Å²) in [5, 5.41) is 22.4. The molecule has 8 nitrogen and oxygen atoms in total. The molecular formula is C27H30N6O2. The van der Waals surface area contributed by atoms with Crippen LogP contribution in [-0.4, -0.2) is 34.9 Å². The van der Waals surface area contributed by atoms with Gasteiger partial charge in [-0.1, -0.05) is 67.1 Å². The summed E-state index contributed by atoms with van der Waals surface area (Å²) in [4.78, 5) is 24.4. The Morgan fingerprint density at radius 2 is 1.03 bits per heavy atom. The van der Waals surface area contributed by atoms with Gasteiger partial charge in [0.25, 0.3) is 0 Å². The fourth-order valence-corrected chi connectivity index (χ4v) is 4.01. The molecule has 0 atom stereocenters. The van der Waals surface area contributed by atoms with Crippen LogP contribution >= 0.6 is 0 Å². The van der Waals surface area contributed by atoms with Crippen molar-refractivity contribution in [2.24, 2.45) is 20.4 Å². The van der Waals surface area contributed by atoms with E-state index in [1.54, 1.807) is 0 Å². The van der Waals surface area contributed by atoms with Crippen LogP contribution in [0.2, 0.25) is 0 Å². The van der Waals surface area contributed by atoms with Gasteiger partial charge in [0.2, 0.25) is 11.8 Å². The van der Waals surface area contributed by atoms with Crippen molar-refractivity contribution in [3.63, 3.8) is 0 Å². The third kappa shape index (κ3) is 8.10. The lowest BCUT2D eigenvalue weighted by Crippen LogP contribution is -2.31. The number of hydrogen-bond acceptors (Lipinski definition) is 6. The number of amides is 2. The fraction of sp³-hybridized carbons (Fsp3) is 0.333. The second-order valence-corrected chi connectivity index (χ2v) is 8.76. The van der Waals surface area contributed by atoms with Crippen LogP contribution in [0.4, 0.5) is 0 Å². The van der Waals surface area contributed by atoms with Crippen molar-refractivity contribution in [1.82, 2.24) is 10.6 Å². The number of carbonyl (C=O) groups is 2. The van der Waals surface area contributed by atoms with Crippen molar-refractivity contribution >= 4 is 34.9 Å². The van der Waals surface area contributed by atoms with Crippen molar-refractivity contribution in [2.45, 2.75) is 57.8 Å². The molecule has 8 heteroatoms. The third-order valence-electron chi connectivity index (χ3n) is 5.78. The van der Waals surface area contributed by atoms with Gasteiger partial charge in [0.15, 0.2) is 0 Å². The van der Waals surface area contributed by atoms with E-state index in [0.29, 0.717) is 37.4 Å². The Balaban J connectivity index is 1.04. The first-order valence-electron chi connectivity index (χ1n) is 12.1. The molecule has 35 heavy (non-hydrogen) atoms. The molecule has 0 bridgehead atoms. The molecule has 180 valence electrons. The third-order valence-corrected chi connectivity index (χ3v) is 5.78. The van der Waals surface area contributed by atoms with E-state index in [-0.39, 0.29) is 11.8 Å². The molecule has 2 amide bonds. The lowest BCUT2D eigenvalue weighted by molar-refractivity contribution is -0.119. The van der Waals surface area contributed by atoms with Gasteiger partial charge in [-0.25, -0.2) is 0 Å². The first-order valence-corrected chi connectivity index (χ1v) is 12.1. The van der Waals surface area contributed by atoms with Crippen molar-refractivity contribution in [3.8, 4) is 0 Å². The van der Waals surface area contributed by atoms with Crippen LogP contribution in [0.5, 0.6) is 0 Å². The Morgan fingerprint density at radius 3 is 1.46 bits per heavy atom. The smallest absolute Gasteiger partial charge is 0.229 e. The number of unbranched alkanes of at least 4 members (excludes halogenated alkanes) is 2. The van der Waals surface area contributed by atoms with Gasteiger partial charge >= 0.3 is 0 Å². The maximum absolute atomic E-state index is 12.2. The molecule has 0 fully saturated rings. The summed E-state index contributed by atoms with van der Waals surface area (Å²) < 4.78 is 0. The fourth-order valence-electron chi connectivity index (χ4n) is 4.01. The summed E-state index contributed by atoms with van der Waals surface area (Å²) in [6, 6.07) is 19.3. The minimum Gasteiger partial charge on any atom is -0.312 e. The first kappa shape index (κ1) is 24.2. The molecule has 0 saturated heterocycles. The SMILES string of the molecule is O=C(Cc1ccccc1)NC1=NN=C(CCCCCC2=NN=C(NC(=O)Cc3ccccc3)C2)C1. The summed E-state index contributed by atoms with van der Waals surface area (Å²) in [6.07, 6.45) is 6.67. The maximum Gasteiger partial charge on any atom is 0.229 e. The van der Waals surface area contributed by atoms with E-state index in [4.69, 9.17) is 0 Å². The van der Waals surface area contributed by atoms with Crippen molar-refractivity contribution in [1.29, 1.82) is 0 Å². The zero-order valence-corrected chi connectivity index (χ0v) is 19.7. The highest BCUT2D eigenvalue weighted by molar-refractivity contribution is 6.12. The van der Waals surface area contributed by atoms with E-state index < -0.39 is 0 Å². The zero-order valence-electron chi connectivity index (χ0n) is 19.7. The molecule has 0 radical (unpaired) electrons. The summed E-state index contributed by atoms with van der Waals surface area (Å²) >= 11 is 0. The Labute approximate surface area is 205 Å². The van der Waals surface area contributed by atoms with Crippen LogP contribution in [0.25, 0.3) is 0 Å². The highest BCUT2D eigenvalue weighted by atomic mass is 16.2. The number of rotatable bonds is 10. The van der Waals surface area contributed by atoms with E-state index in [0.717, 1.165) is 54.7 Å². The van der Waals surface area contributed by atoms with Gasteiger partial charge in [-0.15, -0.1) is 10.2 Å². The van der Waals surface area contributed by atoms with Crippen LogP contribution in [0.15, 0.2) is 81.1 Å². The normalized spacial score (nSPS) is 14.6. The Morgan fingerprint density at radius 1 is 0.600 bits per heavy atom. The van der Waals surface area contributed by atoms with Crippen molar-refractivity contribution in [3.05, 3.63) is 71.8 Å². The molecule has 2 aromatic carbocycles. The molecular weight excluding hydrogens is 440 g/mol. The molecule has 0 aliphatic carbocycles. The molecule has 2 aromatic rings. The number of hydrogen-bond donors (Lipinski definition) is 2. The summed E-state index contributed by atoms with van der Waals surface area (Å²) in [5.41, 5.74) is 3.96. The maximum atomic E-state index is 12.2. The first-order chi connectivity index (χ1) is 17.1. The Hall–Kier alpha value is -3.94. The second kappa shape index (κ2) is 12.5. The van der Waals surface area contributed by atoms with Gasteiger partial charge in [0.05, 0.1) is 12.8 Å². The molecule has 2 N–H and O–H groups in total. The summed E-state index contributed by atoms with van der Waals surface area (Å²) in [5.74, 6) is 1.11. The van der Waals surface area contributed by atoms with E-state index >= 15 is 0 Å². The highest BCUT2D eigenvalue weighted by Gasteiger charge is 2.17. The number of nitrogens with one attached hydrogen (secondary N) is 2. The lowest BCUT2D eigenvalue weighted by atomic mass is 10.0. The van der Waals surface area contributed by atoms with Crippen molar-refractivity contribution < 1.29 is 9.59 Å². The molecule has 4 rings (SSSR count). The molecule has 2 aliphatic rings. The number of amidine groups is 2. The van der Waals surface area contributed by atoms with Crippen LogP contribution in [0.1, 0.15) is 56.1 Å². The number of nitrogens with zero attached hydrogens (tertiary/aromatic N) is 4. The predicted octanol–water partition coefficient (Wildman–Crippen LogP) is 3.97. The molecule has 0 saturated carbocycles. The predicted molar refractivity (Wildman–Crippen MR) is 139 cm³/mol. The largest absolute Gasteiger partial charge is 0.312 e. The molecule has 2 heterocycles. The van der Waals surface area contributed by atoms with Gasteiger partial charge in [-0.3, -0.25) is 9.59 Å². The zero-order chi connectivity index (χ0) is 24.3. The quantitative estimate of drug-likeness (QED) is 0.513. The van der Waals surface area contributed by atoms with E-state index in [9.17, 15) is 9.59 Å². The monoisotopic (exact) mass is 470 g/mol. The van der Waals surface area contributed by atoms with Gasteiger partial charge in [0, 0.05) is 24.3 Å². The van der Waals surface area contributed by atoms with E-state index in [2.05, 4.69) is 31.0 Å². The van der Waals surface area contributed by atoms with Crippen LogP contribution in [-0.2, 0) is 22.4 Å². The van der Waals surface area contributed by atoms with E-state index in [1.807, 2.05) is 60.7 Å². The lowest BCUT2D eigenvalue weighted by Gasteiger charge is -2.06. The molecule has 0 aromatic heterocycles. The van der Waals surface area contributed by atoms with E-state index in [1.165, 1.54) is 0 Å². The summed E-state index contributed by atoms with van der Waals surface area (Å²) in [7, 11) is 0. The van der Waals surface area contributed by atoms with Gasteiger partial charge in [-0.05, 0) is 36.8 Å². The average Bonchev–Trinajstić information content (AvgIpc) is 3.49. The summed E-state index contributed by atoms with van der Waals surface area (Å²) in [6.45, 7) is 0. The Kier molecular flexibility index (Phi) is 8.64. The van der Waals surface area contributed by atoms with Gasteiger partial charge in [0.1, 0.15) is 11.7 Å². The molecule has 0 unspecified atom stereocenters. The minimum atomic E-state index is -0.0680. The average molecular weight is 471 g/mol. The second-order valence-electron chi connectivity index (χ2n) is 8.76. The topological polar surface area (TPSA) is 108 Å². The van der Waals surface area contributed by atoms with Crippen LogP contribution < -0.4 is 10.6 Å². The Bertz CT molecular complexity index is 1060. The van der Waals surface area contributed by atoms with Crippen LogP contribution in [0, 0.1) is 0 Å². The minimum absolute atomic E-state index is 0.0680. The standard InChI is InChI=1S/C27H30N6O2/c34-26(16-20-10-4-1-5-11-20)28-24-18-22(30-32-24)14-8-3-9-15-23-19-25(33-31-23)29-27(35)17-21-12-6-2-7-13-21/h1-2,4-7,10-13H,3,8-9,14-19H2,(H,28,32,34)(H,29,33,35). The highest BCUT2D eigenvalue weighted by Crippen LogP contribution is 2.13. The number of carbonyl (C=O) groups excluding carboxylic acids is 2. The molecule has 0 spiro atoms. The van der Waals surface area contributed by atoms with Crippen molar-refractivity contribution in [2.75, 3.05) is 0 Å². The van der Waals surface area contributed by atoms with Gasteiger partial charge < -0.3 is 10.6 Å². The molecule has 2 aliphatic heterocycles. The number of benzene rings is 2. The van der Waals surface area contributed by atoms with Crippen LogP contribution in [0.3, 0.4) is 0 Å².